The number of benzene rings is 1. The molecule has 0 amide bonds. The van der Waals surface area contributed by atoms with Crippen LogP contribution in [0.1, 0.15) is 57.8 Å². The summed E-state index contributed by atoms with van der Waals surface area (Å²) in [6, 6.07) is 6.49. The fraction of sp³-hybridized carbons (Fsp3) is 0.682. The number of hydrogen-bond donors (Lipinski definition) is 4. The second-order valence-electron chi connectivity index (χ2n) is 8.02. The van der Waals surface area contributed by atoms with E-state index >= 15 is 0 Å². The summed E-state index contributed by atoms with van der Waals surface area (Å²) in [7, 11) is 0. The highest BCUT2D eigenvalue weighted by molar-refractivity contribution is 7.99. The summed E-state index contributed by atoms with van der Waals surface area (Å²) < 4.78 is 13.7. The minimum Gasteiger partial charge on any atom is -0.481 e. The first-order valence-corrected chi connectivity index (χ1v) is 11.5. The van der Waals surface area contributed by atoms with E-state index < -0.39 is 24.3 Å². The number of carboxylic acids is 1. The van der Waals surface area contributed by atoms with Gasteiger partial charge < -0.3 is 20.4 Å². The molecule has 0 aromatic heterocycles. The van der Waals surface area contributed by atoms with Gasteiger partial charge in [0.05, 0.1) is 18.3 Å². The topological polar surface area (TPSA) is 98.0 Å². The third kappa shape index (κ3) is 8.24. The molecule has 1 unspecified atom stereocenters. The average molecular weight is 429 g/mol. The van der Waals surface area contributed by atoms with Crippen molar-refractivity contribution in [2.24, 2.45) is 11.8 Å². The van der Waals surface area contributed by atoms with E-state index in [1.165, 1.54) is 17.8 Å². The molecule has 0 saturated heterocycles. The fourth-order valence-electron chi connectivity index (χ4n) is 4.21. The Bertz CT molecular complexity index is 629. The van der Waals surface area contributed by atoms with Crippen LogP contribution in [-0.4, -0.2) is 50.5 Å². The first-order valence-electron chi connectivity index (χ1n) is 10.5. The molecule has 4 N–H and O–H groups in total. The van der Waals surface area contributed by atoms with Gasteiger partial charge in [-0.2, -0.15) is 0 Å². The number of carboxylic acid groups (broad SMARTS) is 1. The standard InChI is InChI=1S/C22H33FO5S/c23-18-8-5-6-9-21(18)29-14-15(24)11-12-17-16(19(25)13-20(17)26)7-3-1-2-4-10-22(27)28/h5-6,8-9,15-17,19-20,24-26H,1-4,7,10-14H2,(H,27,28)/t15-,16-,17?,19+,20-/m1/s1. The highest BCUT2D eigenvalue weighted by Gasteiger charge is 2.40. The summed E-state index contributed by atoms with van der Waals surface area (Å²) in [5, 5.41) is 39.6. The molecule has 5 nitrogen and oxygen atoms in total. The van der Waals surface area contributed by atoms with Crippen LogP contribution in [0.2, 0.25) is 0 Å². The van der Waals surface area contributed by atoms with Crippen LogP contribution in [0.4, 0.5) is 4.39 Å². The van der Waals surface area contributed by atoms with Gasteiger partial charge in [0.1, 0.15) is 5.82 Å². The van der Waals surface area contributed by atoms with E-state index in [1.807, 2.05) is 0 Å². The number of halogens is 1. The van der Waals surface area contributed by atoms with E-state index in [4.69, 9.17) is 5.11 Å². The van der Waals surface area contributed by atoms with Gasteiger partial charge in [-0.25, -0.2) is 4.39 Å². The molecule has 1 aromatic carbocycles. The molecule has 29 heavy (non-hydrogen) atoms. The summed E-state index contributed by atoms with van der Waals surface area (Å²) in [5.41, 5.74) is 0. The number of unbranched alkanes of at least 4 members (excludes halogenated alkanes) is 3. The Kier molecular flexibility index (Phi) is 10.4. The molecule has 0 radical (unpaired) electrons. The Morgan fingerprint density at radius 2 is 1.72 bits per heavy atom. The van der Waals surface area contributed by atoms with Gasteiger partial charge >= 0.3 is 5.97 Å². The van der Waals surface area contributed by atoms with Crippen molar-refractivity contribution in [3.8, 4) is 0 Å². The van der Waals surface area contributed by atoms with E-state index in [-0.39, 0.29) is 24.1 Å². The molecule has 0 spiro atoms. The number of thioether (sulfide) groups is 1. The molecule has 0 bridgehead atoms. The lowest BCUT2D eigenvalue weighted by atomic mass is 9.85. The maximum atomic E-state index is 13.7. The van der Waals surface area contributed by atoms with Crippen molar-refractivity contribution in [3.05, 3.63) is 30.1 Å². The lowest BCUT2D eigenvalue weighted by Crippen LogP contribution is -2.24. The molecular weight excluding hydrogens is 395 g/mol. The molecule has 7 heteroatoms. The van der Waals surface area contributed by atoms with Crippen molar-refractivity contribution in [2.75, 3.05) is 5.75 Å². The third-order valence-corrected chi connectivity index (χ3v) is 6.99. The van der Waals surface area contributed by atoms with Crippen molar-refractivity contribution in [1.29, 1.82) is 0 Å². The Balaban J connectivity index is 1.72. The lowest BCUT2D eigenvalue weighted by molar-refractivity contribution is -0.137. The van der Waals surface area contributed by atoms with Crippen LogP contribution in [0.25, 0.3) is 0 Å². The van der Waals surface area contributed by atoms with Crippen molar-refractivity contribution >= 4 is 17.7 Å². The van der Waals surface area contributed by atoms with E-state index in [1.54, 1.807) is 18.2 Å². The monoisotopic (exact) mass is 428 g/mol. The van der Waals surface area contributed by atoms with Gasteiger partial charge in [0.15, 0.2) is 0 Å². The zero-order valence-corrected chi connectivity index (χ0v) is 17.6. The second-order valence-corrected chi connectivity index (χ2v) is 9.08. The maximum absolute atomic E-state index is 13.7. The summed E-state index contributed by atoms with van der Waals surface area (Å²) in [4.78, 5) is 11.0. The minimum atomic E-state index is -0.772. The highest BCUT2D eigenvalue weighted by atomic mass is 32.2. The first kappa shape index (κ1) is 24.1. The van der Waals surface area contributed by atoms with Crippen LogP contribution in [0, 0.1) is 17.7 Å². The summed E-state index contributed by atoms with van der Waals surface area (Å²) >= 11 is 1.28. The van der Waals surface area contributed by atoms with Crippen LogP contribution >= 0.6 is 11.8 Å². The summed E-state index contributed by atoms with van der Waals surface area (Å²) in [6.07, 6.45) is 4.15. The molecule has 1 fully saturated rings. The summed E-state index contributed by atoms with van der Waals surface area (Å²) in [5.74, 6) is -0.706. The zero-order valence-electron chi connectivity index (χ0n) is 16.8. The summed E-state index contributed by atoms with van der Waals surface area (Å²) in [6.45, 7) is 0. The van der Waals surface area contributed by atoms with Crippen molar-refractivity contribution < 1.29 is 29.6 Å². The molecule has 1 aliphatic carbocycles. The van der Waals surface area contributed by atoms with Crippen LogP contribution in [-0.2, 0) is 4.79 Å². The molecule has 0 aliphatic heterocycles. The minimum absolute atomic E-state index is 0.0101. The average Bonchev–Trinajstić information content (AvgIpc) is 2.94. The Morgan fingerprint density at radius 3 is 2.41 bits per heavy atom. The number of hydrogen-bond acceptors (Lipinski definition) is 5. The van der Waals surface area contributed by atoms with E-state index in [2.05, 4.69) is 0 Å². The molecule has 5 atom stereocenters. The number of aliphatic hydroxyl groups excluding tert-OH is 3. The van der Waals surface area contributed by atoms with Crippen LogP contribution < -0.4 is 0 Å². The van der Waals surface area contributed by atoms with Gasteiger partial charge in [-0.15, -0.1) is 11.8 Å². The lowest BCUT2D eigenvalue weighted by Gasteiger charge is -2.24. The molecule has 1 aromatic rings. The van der Waals surface area contributed by atoms with Crippen LogP contribution in [0.5, 0.6) is 0 Å². The molecular formula is C22H33FO5S. The number of carbonyl (C=O) groups is 1. The van der Waals surface area contributed by atoms with Crippen molar-refractivity contribution in [2.45, 2.75) is 81.0 Å². The third-order valence-electron chi connectivity index (χ3n) is 5.80. The fourth-order valence-corrected chi connectivity index (χ4v) is 5.13. The second kappa shape index (κ2) is 12.5. The van der Waals surface area contributed by atoms with Gasteiger partial charge in [-0.3, -0.25) is 4.79 Å². The van der Waals surface area contributed by atoms with Crippen molar-refractivity contribution in [3.63, 3.8) is 0 Å². The van der Waals surface area contributed by atoms with Crippen LogP contribution in [0.3, 0.4) is 0 Å². The normalized spacial score (nSPS) is 25.2. The number of aliphatic hydroxyl groups is 3. The molecule has 2 rings (SSSR count). The van der Waals surface area contributed by atoms with E-state index in [9.17, 15) is 24.5 Å². The van der Waals surface area contributed by atoms with Gasteiger partial charge in [0.2, 0.25) is 0 Å². The molecule has 1 aliphatic rings. The Labute approximate surface area is 176 Å². The Morgan fingerprint density at radius 1 is 1.07 bits per heavy atom. The van der Waals surface area contributed by atoms with Gasteiger partial charge in [-0.1, -0.05) is 31.4 Å². The van der Waals surface area contributed by atoms with Gasteiger partial charge in [-0.05, 0) is 56.1 Å². The SMILES string of the molecule is O=C(O)CCCCCC[C@@H]1C(CC[C@@H](O)CSc2ccccc2F)[C@H](O)C[C@@H]1O. The first-order chi connectivity index (χ1) is 13.9. The predicted molar refractivity (Wildman–Crippen MR) is 111 cm³/mol. The van der Waals surface area contributed by atoms with Gasteiger partial charge in [0.25, 0.3) is 0 Å². The smallest absolute Gasteiger partial charge is 0.303 e. The Hall–Kier alpha value is -1.15. The van der Waals surface area contributed by atoms with Crippen LogP contribution in [0.15, 0.2) is 29.2 Å². The predicted octanol–water partition coefficient (Wildman–Crippen LogP) is 3.84. The van der Waals surface area contributed by atoms with Gasteiger partial charge in [0, 0.05) is 17.1 Å². The molecule has 1 saturated carbocycles. The number of aliphatic carboxylic acids is 1. The number of rotatable bonds is 13. The van der Waals surface area contributed by atoms with E-state index in [0.717, 1.165) is 25.7 Å². The van der Waals surface area contributed by atoms with E-state index in [0.29, 0.717) is 36.3 Å². The zero-order chi connectivity index (χ0) is 21.2. The molecule has 164 valence electrons. The quantitative estimate of drug-likeness (QED) is 0.281. The molecule has 0 heterocycles. The van der Waals surface area contributed by atoms with Crippen molar-refractivity contribution in [1.82, 2.24) is 0 Å². The largest absolute Gasteiger partial charge is 0.481 e. The maximum Gasteiger partial charge on any atom is 0.303 e. The highest BCUT2D eigenvalue weighted by Crippen LogP contribution is 2.39.